The molecule has 3 rings (SSSR count). The number of ether oxygens (including phenoxy) is 2. The molecule has 0 radical (unpaired) electrons. The molecule has 0 spiro atoms. The second kappa shape index (κ2) is 7.91. The molecule has 29 heavy (non-hydrogen) atoms. The molecule has 1 aliphatic heterocycles. The zero-order valence-electron chi connectivity index (χ0n) is 16.9. The molecule has 0 saturated carbocycles. The number of rotatable bonds is 5. The highest BCUT2D eigenvalue weighted by Crippen LogP contribution is 2.50. The first kappa shape index (κ1) is 20.9. The lowest BCUT2D eigenvalue weighted by Crippen LogP contribution is -2.45. The summed E-state index contributed by atoms with van der Waals surface area (Å²) in [6.45, 7) is 5.68. The molecule has 156 valence electrons. The Hall–Kier alpha value is -2.80. The number of carboxylic acid groups (broad SMARTS) is 1. The predicted molar refractivity (Wildman–Crippen MR) is 106 cm³/mol. The first-order valence-corrected chi connectivity index (χ1v) is 9.47. The fourth-order valence-corrected chi connectivity index (χ4v) is 4.15. The topological polar surface area (TPSA) is 79.2 Å². The van der Waals surface area contributed by atoms with Crippen LogP contribution in [0.3, 0.4) is 0 Å². The van der Waals surface area contributed by atoms with E-state index in [9.17, 15) is 19.4 Å². The van der Waals surface area contributed by atoms with Gasteiger partial charge in [0.1, 0.15) is 11.6 Å². The predicted octanol–water partition coefficient (Wildman–Crippen LogP) is 4.48. The third kappa shape index (κ3) is 3.74. The van der Waals surface area contributed by atoms with E-state index in [1.54, 1.807) is 19.1 Å². The van der Waals surface area contributed by atoms with Crippen molar-refractivity contribution in [1.82, 2.24) is 4.90 Å². The van der Waals surface area contributed by atoms with E-state index in [-0.39, 0.29) is 24.3 Å². The smallest absolute Gasteiger partial charge is 0.407 e. The van der Waals surface area contributed by atoms with Crippen molar-refractivity contribution >= 4 is 6.09 Å². The molecule has 1 amide bonds. The monoisotopic (exact) mass is 403 g/mol. The maximum atomic E-state index is 13.2. The summed E-state index contributed by atoms with van der Waals surface area (Å²) in [6.07, 6.45) is -1.74. The molecule has 2 N–H and O–H groups in total. The van der Waals surface area contributed by atoms with E-state index < -0.39 is 17.6 Å². The standard InChI is InChI=1S/C22H26FNO5/c1-13-22(3,14(2)25)18(12-24(13)21(26)27)15-5-10-19(28-4)20(11-15)29-17-8-6-16(23)7-9-17/h5-11,13-14,18,25H,12H2,1-4H3,(H,26,27)/t13?,14-,18+,22+/m1/s1. The number of hydrogen-bond acceptors (Lipinski definition) is 4. The summed E-state index contributed by atoms with van der Waals surface area (Å²) in [5.74, 6) is 0.783. The van der Waals surface area contributed by atoms with E-state index >= 15 is 0 Å². The number of benzene rings is 2. The van der Waals surface area contributed by atoms with Gasteiger partial charge >= 0.3 is 6.09 Å². The first-order chi connectivity index (χ1) is 13.7. The van der Waals surface area contributed by atoms with Crippen molar-refractivity contribution in [3.05, 3.63) is 53.8 Å². The lowest BCUT2D eigenvalue weighted by atomic mass is 9.69. The zero-order valence-corrected chi connectivity index (χ0v) is 16.9. The molecule has 1 fully saturated rings. The maximum absolute atomic E-state index is 13.2. The van der Waals surface area contributed by atoms with E-state index in [1.165, 1.54) is 36.3 Å². The van der Waals surface area contributed by atoms with Gasteiger partial charge in [0.05, 0.1) is 13.2 Å². The van der Waals surface area contributed by atoms with Crippen LogP contribution in [0.4, 0.5) is 9.18 Å². The molecular weight excluding hydrogens is 377 g/mol. The summed E-state index contributed by atoms with van der Waals surface area (Å²) in [7, 11) is 1.52. The van der Waals surface area contributed by atoms with Crippen molar-refractivity contribution in [3.8, 4) is 17.2 Å². The Morgan fingerprint density at radius 2 is 1.90 bits per heavy atom. The molecule has 2 aromatic rings. The normalized spacial score (nSPS) is 25.0. The molecule has 0 aliphatic carbocycles. The van der Waals surface area contributed by atoms with E-state index in [1.807, 2.05) is 19.9 Å². The van der Waals surface area contributed by atoms with Crippen molar-refractivity contribution < 1.29 is 28.9 Å². The molecule has 4 atom stereocenters. The number of nitrogens with zero attached hydrogens (tertiary/aromatic N) is 1. The number of likely N-dealkylation sites (tertiary alicyclic amines) is 1. The molecule has 1 aliphatic rings. The lowest BCUT2D eigenvalue weighted by molar-refractivity contribution is 0.0204. The van der Waals surface area contributed by atoms with E-state index in [4.69, 9.17) is 9.47 Å². The lowest BCUT2D eigenvalue weighted by Gasteiger charge is -2.38. The Balaban J connectivity index is 2.01. The van der Waals surface area contributed by atoms with E-state index in [0.717, 1.165) is 5.56 Å². The quantitative estimate of drug-likeness (QED) is 0.770. The summed E-state index contributed by atoms with van der Waals surface area (Å²) in [5.41, 5.74) is 0.155. The van der Waals surface area contributed by atoms with Gasteiger partial charge in [-0.2, -0.15) is 0 Å². The number of hydrogen-bond donors (Lipinski definition) is 2. The van der Waals surface area contributed by atoms with Gasteiger partial charge in [-0.1, -0.05) is 13.0 Å². The summed E-state index contributed by atoms with van der Waals surface area (Å²) >= 11 is 0. The van der Waals surface area contributed by atoms with Crippen molar-refractivity contribution in [2.24, 2.45) is 5.41 Å². The van der Waals surface area contributed by atoms with Gasteiger partial charge in [-0.05, 0) is 55.8 Å². The average Bonchev–Trinajstić information content (AvgIpc) is 2.96. The van der Waals surface area contributed by atoms with Crippen LogP contribution in [0.25, 0.3) is 0 Å². The zero-order chi connectivity index (χ0) is 21.3. The van der Waals surface area contributed by atoms with Crippen molar-refractivity contribution in [2.75, 3.05) is 13.7 Å². The minimum Gasteiger partial charge on any atom is -0.493 e. The van der Waals surface area contributed by atoms with Gasteiger partial charge in [0.2, 0.25) is 0 Å². The Morgan fingerprint density at radius 1 is 1.24 bits per heavy atom. The molecule has 2 aromatic carbocycles. The number of aliphatic hydroxyl groups is 1. The number of methoxy groups -OCH3 is 1. The van der Waals surface area contributed by atoms with Crippen LogP contribution in [0.15, 0.2) is 42.5 Å². The van der Waals surface area contributed by atoms with Crippen LogP contribution in [0.2, 0.25) is 0 Å². The van der Waals surface area contributed by atoms with Crippen molar-refractivity contribution in [3.63, 3.8) is 0 Å². The minimum absolute atomic E-state index is 0.241. The van der Waals surface area contributed by atoms with Gasteiger partial charge in [-0.15, -0.1) is 0 Å². The highest BCUT2D eigenvalue weighted by Gasteiger charge is 2.53. The number of halogens is 1. The second-order valence-electron chi connectivity index (χ2n) is 7.67. The largest absolute Gasteiger partial charge is 0.493 e. The molecule has 0 bridgehead atoms. The SMILES string of the molecule is COc1ccc([C@@H]2CN(C(=O)O)C(C)[C@@]2(C)[C@@H](C)O)cc1Oc1ccc(F)cc1. The fourth-order valence-electron chi connectivity index (χ4n) is 4.15. The Bertz CT molecular complexity index is 885. The molecular formula is C22H26FNO5. The first-order valence-electron chi connectivity index (χ1n) is 9.47. The number of amides is 1. The van der Waals surface area contributed by atoms with Crippen LogP contribution in [0.1, 0.15) is 32.3 Å². The molecule has 7 heteroatoms. The molecule has 0 aromatic heterocycles. The number of aliphatic hydroxyl groups excluding tert-OH is 1. The maximum Gasteiger partial charge on any atom is 0.407 e. The minimum atomic E-state index is -1.01. The highest BCUT2D eigenvalue weighted by atomic mass is 19.1. The van der Waals surface area contributed by atoms with Gasteiger partial charge in [-0.3, -0.25) is 0 Å². The summed E-state index contributed by atoms with van der Waals surface area (Å²) in [5, 5.41) is 20.1. The molecule has 1 unspecified atom stereocenters. The van der Waals surface area contributed by atoms with Gasteiger partial charge in [0.15, 0.2) is 11.5 Å². The van der Waals surface area contributed by atoms with Crippen LogP contribution in [0, 0.1) is 11.2 Å². The fraction of sp³-hybridized carbons (Fsp3) is 0.409. The van der Waals surface area contributed by atoms with Crippen LogP contribution in [-0.2, 0) is 0 Å². The van der Waals surface area contributed by atoms with Gasteiger partial charge in [0, 0.05) is 23.9 Å². The molecule has 1 heterocycles. The van der Waals surface area contributed by atoms with Crippen LogP contribution in [0.5, 0.6) is 17.2 Å². The van der Waals surface area contributed by atoms with Crippen LogP contribution >= 0.6 is 0 Å². The van der Waals surface area contributed by atoms with Gasteiger partial charge < -0.3 is 24.6 Å². The molecule has 6 nitrogen and oxygen atoms in total. The summed E-state index contributed by atoms with van der Waals surface area (Å²) in [4.78, 5) is 13.1. The van der Waals surface area contributed by atoms with Gasteiger partial charge in [-0.25, -0.2) is 9.18 Å². The number of carbonyl (C=O) groups is 1. The Kier molecular flexibility index (Phi) is 5.71. The van der Waals surface area contributed by atoms with Gasteiger partial charge in [0.25, 0.3) is 0 Å². The average molecular weight is 403 g/mol. The Labute approximate surface area is 169 Å². The van der Waals surface area contributed by atoms with Crippen molar-refractivity contribution in [2.45, 2.75) is 38.8 Å². The second-order valence-corrected chi connectivity index (χ2v) is 7.67. The third-order valence-corrected chi connectivity index (χ3v) is 6.28. The van der Waals surface area contributed by atoms with E-state index in [0.29, 0.717) is 17.2 Å². The highest BCUT2D eigenvalue weighted by molar-refractivity contribution is 5.66. The summed E-state index contributed by atoms with van der Waals surface area (Å²) < 4.78 is 24.5. The van der Waals surface area contributed by atoms with Crippen LogP contribution < -0.4 is 9.47 Å². The van der Waals surface area contributed by atoms with E-state index in [2.05, 4.69) is 0 Å². The Morgan fingerprint density at radius 3 is 2.45 bits per heavy atom. The van der Waals surface area contributed by atoms with Crippen molar-refractivity contribution in [1.29, 1.82) is 0 Å². The molecule has 1 saturated heterocycles. The third-order valence-electron chi connectivity index (χ3n) is 6.28. The summed E-state index contributed by atoms with van der Waals surface area (Å²) in [6, 6.07) is 10.7. The van der Waals surface area contributed by atoms with Crippen LogP contribution in [-0.4, -0.2) is 47.0 Å².